The average molecular weight is 155 g/mol. The lowest BCUT2D eigenvalue weighted by molar-refractivity contribution is 0.282. The lowest BCUT2D eigenvalue weighted by atomic mass is 10.0. The molecule has 0 aromatic rings. The summed E-state index contributed by atoms with van der Waals surface area (Å²) in [5.74, 6) is 1.04. The van der Waals surface area contributed by atoms with Gasteiger partial charge in [0.2, 0.25) is 0 Å². The largest absolute Gasteiger partial charge is 0.395 e. The molecule has 2 rings (SSSR count). The zero-order valence-corrected chi connectivity index (χ0v) is 6.97. The van der Waals surface area contributed by atoms with E-state index in [1.54, 1.807) is 0 Å². The van der Waals surface area contributed by atoms with Crippen LogP contribution >= 0.6 is 0 Å². The highest BCUT2D eigenvalue weighted by Crippen LogP contribution is 2.60. The van der Waals surface area contributed by atoms with E-state index in [4.69, 9.17) is 5.11 Å². The van der Waals surface area contributed by atoms with Crippen LogP contribution in [0.2, 0.25) is 0 Å². The third-order valence-electron chi connectivity index (χ3n) is 3.10. The molecule has 2 saturated carbocycles. The minimum absolute atomic E-state index is 0.279. The Bertz CT molecular complexity index is 138. The quantitative estimate of drug-likeness (QED) is 0.574. The molecule has 0 unspecified atom stereocenters. The third-order valence-corrected chi connectivity index (χ3v) is 3.10. The molecule has 2 aliphatic carbocycles. The molecule has 11 heavy (non-hydrogen) atoms. The Labute approximate surface area is 68.0 Å². The van der Waals surface area contributed by atoms with Crippen molar-refractivity contribution in [1.82, 2.24) is 5.32 Å². The predicted octanol–water partition coefficient (Wildman–Crippen LogP) is 0.758. The highest BCUT2D eigenvalue weighted by molar-refractivity contribution is 5.04. The molecular formula is C9H17NO. The summed E-state index contributed by atoms with van der Waals surface area (Å²) in [5.41, 5.74) is 0.690. The maximum atomic E-state index is 8.58. The standard InChI is InChI=1S/C9H17NO/c11-6-5-10-7-9(3-4-9)8-1-2-8/h8,10-11H,1-7H2. The fourth-order valence-electron chi connectivity index (χ4n) is 2.00. The molecule has 0 bridgehead atoms. The molecule has 2 N–H and O–H groups in total. The van der Waals surface area contributed by atoms with E-state index in [0.29, 0.717) is 5.41 Å². The van der Waals surface area contributed by atoms with Gasteiger partial charge in [-0.3, -0.25) is 0 Å². The van der Waals surface area contributed by atoms with Crippen LogP contribution in [0, 0.1) is 11.3 Å². The van der Waals surface area contributed by atoms with Crippen molar-refractivity contribution < 1.29 is 5.11 Å². The van der Waals surface area contributed by atoms with Crippen LogP contribution < -0.4 is 5.32 Å². The van der Waals surface area contributed by atoms with Gasteiger partial charge in [-0.2, -0.15) is 0 Å². The van der Waals surface area contributed by atoms with E-state index in [1.807, 2.05) is 0 Å². The Balaban J connectivity index is 1.68. The molecule has 2 aliphatic rings. The van der Waals surface area contributed by atoms with E-state index in [-0.39, 0.29) is 6.61 Å². The Morgan fingerprint density at radius 1 is 1.36 bits per heavy atom. The van der Waals surface area contributed by atoms with Gasteiger partial charge in [-0.15, -0.1) is 0 Å². The topological polar surface area (TPSA) is 32.3 Å². The third kappa shape index (κ3) is 1.57. The maximum absolute atomic E-state index is 8.58. The van der Waals surface area contributed by atoms with E-state index < -0.39 is 0 Å². The second-order valence-electron chi connectivity index (χ2n) is 4.04. The number of hydrogen-bond donors (Lipinski definition) is 2. The van der Waals surface area contributed by atoms with E-state index >= 15 is 0 Å². The molecule has 0 aromatic carbocycles. The molecule has 64 valence electrons. The van der Waals surface area contributed by atoms with E-state index in [2.05, 4.69) is 5.32 Å². The van der Waals surface area contributed by atoms with Crippen molar-refractivity contribution in [3.8, 4) is 0 Å². The Kier molecular flexibility index (Phi) is 1.90. The first-order valence-corrected chi connectivity index (χ1v) is 4.69. The number of aliphatic hydroxyl groups is 1. The van der Waals surface area contributed by atoms with Crippen molar-refractivity contribution >= 4 is 0 Å². The molecule has 0 aromatic heterocycles. The van der Waals surface area contributed by atoms with Crippen molar-refractivity contribution in [2.24, 2.45) is 11.3 Å². The van der Waals surface area contributed by atoms with Gasteiger partial charge < -0.3 is 10.4 Å². The first-order valence-electron chi connectivity index (χ1n) is 4.69. The summed E-state index contributed by atoms with van der Waals surface area (Å²) in [5, 5.41) is 11.9. The molecule has 2 heteroatoms. The molecule has 0 radical (unpaired) electrons. The zero-order chi connectivity index (χ0) is 7.73. The Morgan fingerprint density at radius 3 is 2.55 bits per heavy atom. The van der Waals surface area contributed by atoms with Gasteiger partial charge >= 0.3 is 0 Å². The first kappa shape index (κ1) is 7.56. The van der Waals surface area contributed by atoms with Crippen LogP contribution in [0.15, 0.2) is 0 Å². The number of rotatable bonds is 5. The summed E-state index contributed by atoms with van der Waals surface area (Å²) >= 11 is 0. The minimum atomic E-state index is 0.279. The van der Waals surface area contributed by atoms with Crippen molar-refractivity contribution in [3.05, 3.63) is 0 Å². The van der Waals surface area contributed by atoms with Crippen molar-refractivity contribution in [3.63, 3.8) is 0 Å². The van der Waals surface area contributed by atoms with Gasteiger partial charge in [0.25, 0.3) is 0 Å². The summed E-state index contributed by atoms with van der Waals surface area (Å²) in [4.78, 5) is 0. The molecule has 2 nitrogen and oxygen atoms in total. The highest BCUT2D eigenvalue weighted by atomic mass is 16.3. The van der Waals surface area contributed by atoms with Gasteiger partial charge in [-0.05, 0) is 37.0 Å². The van der Waals surface area contributed by atoms with Gasteiger partial charge in [0.15, 0.2) is 0 Å². The Hall–Kier alpha value is -0.0800. The first-order chi connectivity index (χ1) is 5.37. The normalized spacial score (nSPS) is 27.0. The molecule has 0 saturated heterocycles. The maximum Gasteiger partial charge on any atom is 0.0555 e. The SMILES string of the molecule is OCCNCC1(C2CC2)CC1. The smallest absolute Gasteiger partial charge is 0.0555 e. The zero-order valence-electron chi connectivity index (χ0n) is 6.97. The number of hydrogen-bond acceptors (Lipinski definition) is 2. The van der Waals surface area contributed by atoms with Crippen LogP contribution in [-0.2, 0) is 0 Å². The monoisotopic (exact) mass is 155 g/mol. The summed E-state index contributed by atoms with van der Waals surface area (Å²) < 4.78 is 0. The fourth-order valence-corrected chi connectivity index (χ4v) is 2.00. The lowest BCUT2D eigenvalue weighted by Gasteiger charge is -2.13. The molecule has 0 atom stereocenters. The number of aliphatic hydroxyl groups excluding tert-OH is 1. The summed E-state index contributed by atoms with van der Waals surface area (Å²) in [6, 6.07) is 0. The van der Waals surface area contributed by atoms with Crippen molar-refractivity contribution in [1.29, 1.82) is 0 Å². The predicted molar refractivity (Wildman–Crippen MR) is 44.3 cm³/mol. The fraction of sp³-hybridized carbons (Fsp3) is 1.00. The van der Waals surface area contributed by atoms with Gasteiger partial charge in [0, 0.05) is 13.1 Å². The van der Waals surface area contributed by atoms with Crippen molar-refractivity contribution in [2.75, 3.05) is 19.7 Å². The summed E-state index contributed by atoms with van der Waals surface area (Å²) in [6.07, 6.45) is 5.77. The van der Waals surface area contributed by atoms with Gasteiger partial charge in [-0.1, -0.05) is 0 Å². The summed E-state index contributed by atoms with van der Waals surface area (Å²) in [6.45, 7) is 2.20. The molecular weight excluding hydrogens is 138 g/mol. The molecule has 0 aliphatic heterocycles. The second-order valence-corrected chi connectivity index (χ2v) is 4.04. The van der Waals surface area contributed by atoms with Crippen LogP contribution in [0.3, 0.4) is 0 Å². The molecule has 2 fully saturated rings. The van der Waals surface area contributed by atoms with Gasteiger partial charge in [0.1, 0.15) is 0 Å². The Morgan fingerprint density at radius 2 is 2.09 bits per heavy atom. The molecule has 0 spiro atoms. The van der Waals surface area contributed by atoms with Crippen LogP contribution in [0.25, 0.3) is 0 Å². The summed E-state index contributed by atoms with van der Waals surface area (Å²) in [7, 11) is 0. The van der Waals surface area contributed by atoms with Gasteiger partial charge in [0.05, 0.1) is 6.61 Å². The second kappa shape index (κ2) is 2.76. The molecule has 0 heterocycles. The van der Waals surface area contributed by atoms with Crippen LogP contribution in [0.4, 0.5) is 0 Å². The van der Waals surface area contributed by atoms with Crippen LogP contribution in [0.1, 0.15) is 25.7 Å². The minimum Gasteiger partial charge on any atom is -0.395 e. The number of nitrogens with one attached hydrogen (secondary N) is 1. The molecule has 0 amide bonds. The van der Waals surface area contributed by atoms with Crippen LogP contribution in [-0.4, -0.2) is 24.8 Å². The average Bonchev–Trinajstić information content (AvgIpc) is 2.84. The van der Waals surface area contributed by atoms with E-state index in [1.165, 1.54) is 25.7 Å². The van der Waals surface area contributed by atoms with Crippen molar-refractivity contribution in [2.45, 2.75) is 25.7 Å². The van der Waals surface area contributed by atoms with E-state index in [9.17, 15) is 0 Å². The highest BCUT2D eigenvalue weighted by Gasteiger charge is 2.52. The van der Waals surface area contributed by atoms with Gasteiger partial charge in [-0.25, -0.2) is 0 Å². The van der Waals surface area contributed by atoms with E-state index in [0.717, 1.165) is 19.0 Å². The lowest BCUT2D eigenvalue weighted by Crippen LogP contribution is -2.27. The van der Waals surface area contributed by atoms with Crippen LogP contribution in [0.5, 0.6) is 0 Å².